The van der Waals surface area contributed by atoms with Gasteiger partial charge in [-0.05, 0) is 24.6 Å². The number of hydrogen-bond donors (Lipinski definition) is 1. The number of nitrogens with zero attached hydrogens (tertiary/aromatic N) is 1. The Bertz CT molecular complexity index is 690. The number of nitrogens with one attached hydrogen (secondary N) is 1. The summed E-state index contributed by atoms with van der Waals surface area (Å²) in [6.45, 7) is 1.66. The number of benzene rings is 2. The Kier molecular flexibility index (Phi) is 3.60. The first-order valence-corrected chi connectivity index (χ1v) is 5.55. The summed E-state index contributed by atoms with van der Waals surface area (Å²) in [4.78, 5) is 9.80. The SMILES string of the molecule is Cc1ccc(Nc2cc(F)cc(F)c2[N+](=O)[O-])c(F)c1. The number of rotatable bonds is 3. The maximum Gasteiger partial charge on any atom is 0.328 e. The van der Waals surface area contributed by atoms with Crippen molar-refractivity contribution in [1.82, 2.24) is 0 Å². The van der Waals surface area contributed by atoms with E-state index in [1.807, 2.05) is 0 Å². The van der Waals surface area contributed by atoms with Crippen LogP contribution in [-0.2, 0) is 0 Å². The second-order valence-electron chi connectivity index (χ2n) is 4.15. The van der Waals surface area contributed by atoms with Crippen molar-refractivity contribution >= 4 is 17.1 Å². The lowest BCUT2D eigenvalue weighted by molar-refractivity contribution is -0.386. The van der Waals surface area contributed by atoms with Crippen LogP contribution >= 0.6 is 0 Å². The highest BCUT2D eigenvalue weighted by molar-refractivity contribution is 5.70. The topological polar surface area (TPSA) is 55.2 Å². The molecule has 7 heteroatoms. The van der Waals surface area contributed by atoms with Gasteiger partial charge >= 0.3 is 5.69 Å². The Morgan fingerprint density at radius 2 is 1.75 bits per heavy atom. The molecule has 0 atom stereocenters. The van der Waals surface area contributed by atoms with Crippen LogP contribution < -0.4 is 5.32 Å². The zero-order chi connectivity index (χ0) is 14.9. The number of anilines is 2. The van der Waals surface area contributed by atoms with Crippen molar-refractivity contribution < 1.29 is 18.1 Å². The highest BCUT2D eigenvalue weighted by Crippen LogP contribution is 2.32. The van der Waals surface area contributed by atoms with Gasteiger partial charge in [-0.3, -0.25) is 10.1 Å². The average molecular weight is 282 g/mol. The molecule has 0 heterocycles. The maximum atomic E-state index is 13.7. The molecule has 0 aliphatic heterocycles. The molecule has 0 saturated heterocycles. The third kappa shape index (κ3) is 2.71. The standard InChI is InChI=1S/C13H9F3N2O2/c1-7-2-3-11(9(15)4-7)17-12-6-8(14)5-10(16)13(12)18(19)20/h2-6,17H,1H3. The highest BCUT2D eigenvalue weighted by Gasteiger charge is 2.22. The predicted molar refractivity (Wildman–Crippen MR) is 67.4 cm³/mol. The first-order chi connectivity index (χ1) is 9.38. The molecule has 0 unspecified atom stereocenters. The van der Waals surface area contributed by atoms with Crippen molar-refractivity contribution in [3.8, 4) is 0 Å². The molecule has 20 heavy (non-hydrogen) atoms. The Balaban J connectivity index is 2.50. The van der Waals surface area contributed by atoms with Gasteiger partial charge in [0.2, 0.25) is 5.82 Å². The second-order valence-corrected chi connectivity index (χ2v) is 4.15. The number of nitro benzene ring substituents is 1. The molecule has 0 fully saturated rings. The summed E-state index contributed by atoms with van der Waals surface area (Å²) in [5.41, 5.74) is -0.849. The van der Waals surface area contributed by atoms with E-state index in [2.05, 4.69) is 5.32 Å². The first-order valence-electron chi connectivity index (χ1n) is 5.55. The van der Waals surface area contributed by atoms with Crippen molar-refractivity contribution in [2.45, 2.75) is 6.92 Å². The summed E-state index contributed by atoms with van der Waals surface area (Å²) in [7, 11) is 0. The summed E-state index contributed by atoms with van der Waals surface area (Å²) in [5.74, 6) is -3.00. The van der Waals surface area contributed by atoms with Gasteiger partial charge in [0.05, 0.1) is 10.6 Å². The molecule has 0 aliphatic rings. The van der Waals surface area contributed by atoms with Crippen molar-refractivity contribution in [2.24, 2.45) is 0 Å². The molecule has 0 radical (unpaired) electrons. The molecule has 104 valence electrons. The van der Waals surface area contributed by atoms with Crippen LogP contribution in [0.25, 0.3) is 0 Å². The van der Waals surface area contributed by atoms with Crippen LogP contribution in [-0.4, -0.2) is 4.92 Å². The average Bonchev–Trinajstić information content (AvgIpc) is 2.31. The molecular formula is C13H9F3N2O2. The Morgan fingerprint density at radius 3 is 2.35 bits per heavy atom. The summed E-state index contributed by atoms with van der Waals surface area (Å²) >= 11 is 0. The lowest BCUT2D eigenvalue weighted by Gasteiger charge is -2.09. The lowest BCUT2D eigenvalue weighted by Crippen LogP contribution is -2.02. The van der Waals surface area contributed by atoms with Gasteiger partial charge in [0.15, 0.2) is 0 Å². The lowest BCUT2D eigenvalue weighted by atomic mass is 10.2. The van der Waals surface area contributed by atoms with Gasteiger partial charge in [-0.15, -0.1) is 0 Å². The van der Waals surface area contributed by atoms with Crippen LogP contribution in [0.1, 0.15) is 5.56 Å². The van der Waals surface area contributed by atoms with Crippen molar-refractivity contribution in [2.75, 3.05) is 5.32 Å². The van der Waals surface area contributed by atoms with Crippen molar-refractivity contribution in [1.29, 1.82) is 0 Å². The summed E-state index contributed by atoms with van der Waals surface area (Å²) in [5, 5.41) is 13.1. The molecule has 2 aromatic rings. The van der Waals surface area contributed by atoms with Crippen LogP contribution in [0, 0.1) is 34.5 Å². The van der Waals surface area contributed by atoms with Gasteiger partial charge in [0, 0.05) is 12.1 Å². The molecular weight excluding hydrogens is 273 g/mol. The first kappa shape index (κ1) is 13.9. The zero-order valence-corrected chi connectivity index (χ0v) is 10.3. The number of nitro groups is 1. The number of aryl methyl sites for hydroxylation is 1. The van der Waals surface area contributed by atoms with E-state index in [1.54, 1.807) is 13.0 Å². The molecule has 1 N–H and O–H groups in total. The molecule has 2 rings (SSSR count). The van der Waals surface area contributed by atoms with Crippen LogP contribution in [0.5, 0.6) is 0 Å². The van der Waals surface area contributed by atoms with Crippen molar-refractivity contribution in [3.63, 3.8) is 0 Å². The third-order valence-corrected chi connectivity index (χ3v) is 2.60. The van der Waals surface area contributed by atoms with Crippen LogP contribution in [0.15, 0.2) is 30.3 Å². The number of hydrogen-bond acceptors (Lipinski definition) is 3. The van der Waals surface area contributed by atoms with Crippen LogP contribution in [0.3, 0.4) is 0 Å². The van der Waals surface area contributed by atoms with Crippen molar-refractivity contribution in [3.05, 3.63) is 63.5 Å². The third-order valence-electron chi connectivity index (χ3n) is 2.60. The maximum absolute atomic E-state index is 13.7. The van der Waals surface area contributed by atoms with Gasteiger partial charge in [-0.1, -0.05) is 6.07 Å². The van der Waals surface area contributed by atoms with E-state index in [1.165, 1.54) is 12.1 Å². The normalized spacial score (nSPS) is 10.4. The zero-order valence-electron chi connectivity index (χ0n) is 10.3. The van der Waals surface area contributed by atoms with Gasteiger partial charge in [0.1, 0.15) is 17.3 Å². The smallest absolute Gasteiger partial charge is 0.328 e. The summed E-state index contributed by atoms with van der Waals surface area (Å²) in [6, 6.07) is 5.23. The van der Waals surface area contributed by atoms with E-state index in [-0.39, 0.29) is 5.69 Å². The van der Waals surface area contributed by atoms with Gasteiger partial charge in [0.25, 0.3) is 0 Å². The number of halogens is 3. The Labute approximate surface area is 112 Å². The molecule has 0 aliphatic carbocycles. The fourth-order valence-electron chi connectivity index (χ4n) is 1.71. The molecule has 0 spiro atoms. The predicted octanol–water partition coefficient (Wildman–Crippen LogP) is 4.06. The molecule has 2 aromatic carbocycles. The quantitative estimate of drug-likeness (QED) is 0.682. The molecule has 0 bridgehead atoms. The van der Waals surface area contributed by atoms with E-state index < -0.39 is 33.7 Å². The fourth-order valence-corrected chi connectivity index (χ4v) is 1.71. The minimum Gasteiger partial charge on any atom is -0.347 e. The highest BCUT2D eigenvalue weighted by atomic mass is 19.1. The molecule has 0 aromatic heterocycles. The van der Waals surface area contributed by atoms with E-state index in [9.17, 15) is 23.3 Å². The Hall–Kier alpha value is -2.57. The van der Waals surface area contributed by atoms with E-state index in [0.29, 0.717) is 11.6 Å². The second kappa shape index (κ2) is 5.20. The minimum absolute atomic E-state index is 0.108. The molecule has 0 saturated carbocycles. The van der Waals surface area contributed by atoms with Crippen LogP contribution in [0.4, 0.5) is 30.2 Å². The largest absolute Gasteiger partial charge is 0.347 e. The Morgan fingerprint density at radius 1 is 1.05 bits per heavy atom. The minimum atomic E-state index is -1.33. The molecule has 0 amide bonds. The van der Waals surface area contributed by atoms with Crippen LogP contribution in [0.2, 0.25) is 0 Å². The van der Waals surface area contributed by atoms with Gasteiger partial charge in [-0.25, -0.2) is 8.78 Å². The van der Waals surface area contributed by atoms with E-state index >= 15 is 0 Å². The fraction of sp³-hybridized carbons (Fsp3) is 0.0769. The van der Waals surface area contributed by atoms with Gasteiger partial charge < -0.3 is 5.32 Å². The van der Waals surface area contributed by atoms with E-state index in [4.69, 9.17) is 0 Å². The van der Waals surface area contributed by atoms with E-state index in [0.717, 1.165) is 6.07 Å². The monoisotopic (exact) mass is 282 g/mol. The molecule has 4 nitrogen and oxygen atoms in total. The summed E-state index contributed by atoms with van der Waals surface area (Å²) < 4.78 is 40.2. The summed E-state index contributed by atoms with van der Waals surface area (Å²) in [6.07, 6.45) is 0. The van der Waals surface area contributed by atoms with Gasteiger partial charge in [-0.2, -0.15) is 4.39 Å².